The van der Waals surface area contributed by atoms with Crippen LogP contribution in [0.25, 0.3) is 5.69 Å². The van der Waals surface area contributed by atoms with E-state index in [1.54, 1.807) is 0 Å². The Morgan fingerprint density at radius 1 is 1.26 bits per heavy atom. The molecule has 0 atom stereocenters. The molecular weight excluding hydrogens is 262 g/mol. The van der Waals surface area contributed by atoms with E-state index < -0.39 is 0 Å². The number of nitrogens with zero attached hydrogens (tertiary/aromatic N) is 2. The summed E-state index contributed by atoms with van der Waals surface area (Å²) < 4.78 is 1.47. The van der Waals surface area contributed by atoms with Crippen LogP contribution >= 0.6 is 11.8 Å². The number of hydrogen-bond acceptors (Lipinski definition) is 3. The standard InChI is InChI=1S/C13H11N3O2S/c1-8-11(10-7-19-13(18)14-10)12(17)16(15-8)9-5-3-2-4-6-9/h2-6,15H,7H2,1H3. The Balaban J connectivity index is 2.15. The van der Waals surface area contributed by atoms with Crippen LogP contribution in [0.4, 0.5) is 4.79 Å². The second-order valence-corrected chi connectivity index (χ2v) is 5.13. The molecule has 1 N–H and O–H groups in total. The minimum Gasteiger partial charge on any atom is -0.295 e. The lowest BCUT2D eigenvalue weighted by atomic mass is 10.2. The third-order valence-corrected chi connectivity index (χ3v) is 3.69. The predicted octanol–water partition coefficient (Wildman–Crippen LogP) is 2.13. The van der Waals surface area contributed by atoms with Gasteiger partial charge in [-0.3, -0.25) is 14.7 Å². The van der Waals surface area contributed by atoms with Gasteiger partial charge in [-0.05, 0) is 19.1 Å². The van der Waals surface area contributed by atoms with Gasteiger partial charge in [0.05, 0.1) is 17.0 Å². The summed E-state index contributed by atoms with van der Waals surface area (Å²) in [5.74, 6) is 0.460. The highest BCUT2D eigenvalue weighted by Gasteiger charge is 2.23. The molecule has 2 heterocycles. The fraction of sp³-hybridized carbons (Fsp3) is 0.154. The number of nitrogens with one attached hydrogen (secondary N) is 1. The van der Waals surface area contributed by atoms with Gasteiger partial charge in [-0.25, -0.2) is 9.67 Å². The highest BCUT2D eigenvalue weighted by Crippen LogP contribution is 2.18. The summed E-state index contributed by atoms with van der Waals surface area (Å²) in [5, 5.41) is 2.79. The molecular formula is C13H11N3O2S. The summed E-state index contributed by atoms with van der Waals surface area (Å²) in [6.45, 7) is 1.81. The number of carbonyl (C=O) groups is 1. The van der Waals surface area contributed by atoms with Crippen molar-refractivity contribution in [3.63, 3.8) is 0 Å². The maximum Gasteiger partial charge on any atom is 0.305 e. The van der Waals surface area contributed by atoms with Crippen molar-refractivity contribution in [1.82, 2.24) is 9.78 Å². The van der Waals surface area contributed by atoms with Gasteiger partial charge in [0.2, 0.25) is 0 Å². The number of aromatic nitrogens is 2. The van der Waals surface area contributed by atoms with Crippen molar-refractivity contribution in [1.29, 1.82) is 0 Å². The van der Waals surface area contributed by atoms with Crippen molar-refractivity contribution < 1.29 is 4.79 Å². The van der Waals surface area contributed by atoms with E-state index in [4.69, 9.17) is 0 Å². The zero-order valence-electron chi connectivity index (χ0n) is 10.2. The first kappa shape index (κ1) is 12.0. The molecule has 1 amide bonds. The highest BCUT2D eigenvalue weighted by atomic mass is 32.2. The number of H-pyrrole nitrogens is 1. The smallest absolute Gasteiger partial charge is 0.295 e. The molecule has 0 aliphatic carbocycles. The largest absolute Gasteiger partial charge is 0.305 e. The van der Waals surface area contributed by atoms with E-state index in [1.165, 1.54) is 4.68 Å². The topological polar surface area (TPSA) is 67.2 Å². The van der Waals surface area contributed by atoms with Crippen molar-refractivity contribution in [2.24, 2.45) is 4.99 Å². The van der Waals surface area contributed by atoms with Crippen LogP contribution in [0.5, 0.6) is 0 Å². The molecule has 2 aromatic rings. The van der Waals surface area contributed by atoms with E-state index in [9.17, 15) is 9.59 Å². The Morgan fingerprint density at radius 2 is 2.00 bits per heavy atom. The van der Waals surface area contributed by atoms with E-state index >= 15 is 0 Å². The molecule has 5 nitrogen and oxygen atoms in total. The van der Waals surface area contributed by atoms with Gasteiger partial charge in [-0.15, -0.1) is 0 Å². The van der Waals surface area contributed by atoms with Gasteiger partial charge in [0.1, 0.15) is 0 Å². The minimum atomic E-state index is -0.235. The molecule has 1 aliphatic heterocycles. The number of benzene rings is 1. The summed E-state index contributed by atoms with van der Waals surface area (Å²) in [6.07, 6.45) is 0. The quantitative estimate of drug-likeness (QED) is 0.911. The van der Waals surface area contributed by atoms with E-state index in [2.05, 4.69) is 10.1 Å². The molecule has 1 aromatic heterocycles. The Hall–Kier alpha value is -2.08. The van der Waals surface area contributed by atoms with Crippen LogP contribution < -0.4 is 5.56 Å². The predicted molar refractivity (Wildman–Crippen MR) is 75.5 cm³/mol. The summed E-state index contributed by atoms with van der Waals surface area (Å²) in [7, 11) is 0. The third-order valence-electron chi connectivity index (χ3n) is 2.93. The van der Waals surface area contributed by atoms with Crippen molar-refractivity contribution in [3.8, 4) is 5.69 Å². The van der Waals surface area contributed by atoms with Crippen molar-refractivity contribution >= 4 is 22.7 Å². The van der Waals surface area contributed by atoms with Gasteiger partial charge in [0, 0.05) is 11.4 Å². The number of carbonyl (C=O) groups excluding carboxylic acids is 1. The van der Waals surface area contributed by atoms with Crippen LogP contribution in [-0.4, -0.2) is 26.5 Å². The van der Waals surface area contributed by atoms with Crippen LogP contribution in [0.2, 0.25) is 0 Å². The molecule has 96 valence electrons. The fourth-order valence-corrected chi connectivity index (χ4v) is 2.72. The summed E-state index contributed by atoms with van der Waals surface area (Å²) in [4.78, 5) is 27.5. The van der Waals surface area contributed by atoms with Crippen LogP contribution in [0.3, 0.4) is 0 Å². The molecule has 3 rings (SSSR count). The van der Waals surface area contributed by atoms with Gasteiger partial charge < -0.3 is 0 Å². The molecule has 0 unspecified atom stereocenters. The second-order valence-electron chi connectivity index (χ2n) is 4.20. The number of aliphatic imine (C=N–C) groups is 1. The molecule has 0 bridgehead atoms. The van der Waals surface area contributed by atoms with Crippen LogP contribution in [0.1, 0.15) is 11.3 Å². The number of para-hydroxylation sites is 1. The van der Waals surface area contributed by atoms with Crippen LogP contribution in [-0.2, 0) is 0 Å². The molecule has 1 aromatic carbocycles. The Morgan fingerprint density at radius 3 is 2.63 bits per heavy atom. The lowest BCUT2D eigenvalue weighted by Gasteiger charge is -1.99. The summed E-state index contributed by atoms with van der Waals surface area (Å²) in [5.41, 5.74) is 2.38. The van der Waals surface area contributed by atoms with E-state index in [1.807, 2.05) is 37.3 Å². The van der Waals surface area contributed by atoms with Crippen LogP contribution in [0, 0.1) is 6.92 Å². The van der Waals surface area contributed by atoms with Gasteiger partial charge >= 0.3 is 5.24 Å². The normalized spacial score (nSPS) is 14.8. The third kappa shape index (κ3) is 2.04. The molecule has 0 spiro atoms. The minimum absolute atomic E-state index is 0.169. The molecule has 19 heavy (non-hydrogen) atoms. The molecule has 0 saturated carbocycles. The van der Waals surface area contributed by atoms with Crippen molar-refractivity contribution in [2.75, 3.05) is 5.75 Å². The summed E-state index contributed by atoms with van der Waals surface area (Å²) >= 11 is 1.12. The lowest BCUT2D eigenvalue weighted by molar-refractivity contribution is 0.268. The fourth-order valence-electron chi connectivity index (χ4n) is 2.08. The molecule has 0 saturated heterocycles. The number of hydrogen-bond donors (Lipinski definition) is 1. The van der Waals surface area contributed by atoms with Crippen molar-refractivity contribution in [3.05, 3.63) is 51.9 Å². The van der Waals surface area contributed by atoms with E-state index in [0.29, 0.717) is 17.0 Å². The van der Waals surface area contributed by atoms with Gasteiger partial charge in [0.25, 0.3) is 5.56 Å². The first-order chi connectivity index (χ1) is 9.16. The average molecular weight is 273 g/mol. The monoisotopic (exact) mass is 273 g/mol. The number of aromatic amines is 1. The van der Waals surface area contributed by atoms with Crippen LogP contribution in [0.15, 0.2) is 40.1 Å². The maximum atomic E-state index is 12.4. The number of rotatable bonds is 2. The van der Waals surface area contributed by atoms with Gasteiger partial charge in [0.15, 0.2) is 0 Å². The van der Waals surface area contributed by atoms with Gasteiger partial charge in [-0.1, -0.05) is 30.0 Å². The molecule has 1 aliphatic rings. The lowest BCUT2D eigenvalue weighted by Crippen LogP contribution is -2.20. The summed E-state index contributed by atoms with van der Waals surface area (Å²) in [6, 6.07) is 9.31. The highest BCUT2D eigenvalue weighted by molar-refractivity contribution is 8.14. The zero-order valence-corrected chi connectivity index (χ0v) is 11.0. The first-order valence-corrected chi connectivity index (χ1v) is 6.77. The Kier molecular flexibility index (Phi) is 2.87. The van der Waals surface area contributed by atoms with Crippen molar-refractivity contribution in [2.45, 2.75) is 6.92 Å². The number of thioether (sulfide) groups is 1. The Bertz CT molecular complexity index is 728. The van der Waals surface area contributed by atoms with Gasteiger partial charge in [-0.2, -0.15) is 0 Å². The maximum absolute atomic E-state index is 12.4. The number of aryl methyl sites for hydroxylation is 1. The van der Waals surface area contributed by atoms with E-state index in [0.717, 1.165) is 23.1 Å². The Labute approximate surface area is 113 Å². The molecule has 0 radical (unpaired) electrons. The molecule has 0 fully saturated rings. The first-order valence-electron chi connectivity index (χ1n) is 5.78. The molecule has 6 heteroatoms. The number of amides is 1. The zero-order chi connectivity index (χ0) is 13.4. The second kappa shape index (κ2) is 4.55. The average Bonchev–Trinajstić information content (AvgIpc) is 2.95. The SMILES string of the molecule is Cc1[nH]n(-c2ccccc2)c(=O)c1C1=NC(=O)SC1. The van der Waals surface area contributed by atoms with E-state index in [-0.39, 0.29) is 10.8 Å².